The summed E-state index contributed by atoms with van der Waals surface area (Å²) in [6.07, 6.45) is 5.98. The molecular formula is C19H24N4O4. The van der Waals surface area contributed by atoms with Gasteiger partial charge in [0.1, 0.15) is 11.6 Å². The van der Waals surface area contributed by atoms with Crippen LogP contribution in [-0.4, -0.2) is 46.2 Å². The minimum absolute atomic E-state index is 0.210. The van der Waals surface area contributed by atoms with Gasteiger partial charge in [-0.15, -0.1) is 0 Å². The van der Waals surface area contributed by atoms with E-state index in [1.807, 2.05) is 0 Å². The highest BCUT2D eigenvalue weighted by atomic mass is 16.5. The topological polar surface area (TPSA) is 101 Å². The van der Waals surface area contributed by atoms with Crippen LogP contribution in [0.4, 0.5) is 0 Å². The molecule has 0 radical (unpaired) electrons. The van der Waals surface area contributed by atoms with Gasteiger partial charge in [-0.3, -0.25) is 9.59 Å². The number of methoxy groups -OCH3 is 1. The number of carbonyl (C=O) groups is 1. The first kappa shape index (κ1) is 17.9. The van der Waals surface area contributed by atoms with Crippen LogP contribution in [0, 0.1) is 0 Å². The van der Waals surface area contributed by atoms with Crippen LogP contribution < -0.4 is 5.56 Å². The number of carbonyl (C=O) groups excluding carboxylic acids is 1. The number of ether oxygens (including phenoxy) is 1. The van der Waals surface area contributed by atoms with Crippen LogP contribution in [0.5, 0.6) is 0 Å². The van der Waals surface area contributed by atoms with Gasteiger partial charge in [-0.2, -0.15) is 4.98 Å². The number of pyridine rings is 1. The van der Waals surface area contributed by atoms with Crippen molar-refractivity contribution in [3.63, 3.8) is 0 Å². The van der Waals surface area contributed by atoms with Crippen LogP contribution in [0.3, 0.4) is 0 Å². The van der Waals surface area contributed by atoms with Gasteiger partial charge in [0.2, 0.25) is 5.89 Å². The molecule has 1 saturated heterocycles. The van der Waals surface area contributed by atoms with E-state index < -0.39 is 0 Å². The van der Waals surface area contributed by atoms with Gasteiger partial charge in [0.25, 0.3) is 11.5 Å². The number of likely N-dealkylation sites (tertiary alicyclic amines) is 1. The standard InChI is InChI=1S/C19H24N4O4/c1-26-10-8-16-21-18(27-22-16)15-7-2-3-9-23(15)19(25)13-11-12-5-4-6-14(12)20-17(13)24/h11,15H,2-10H2,1H3,(H,20,24)/t15-/m1/s1. The number of hydrogen-bond donors (Lipinski definition) is 1. The van der Waals surface area contributed by atoms with Gasteiger partial charge in [-0.05, 0) is 50.2 Å². The Bertz CT molecular complexity index is 888. The van der Waals surface area contributed by atoms with Crippen molar-refractivity contribution < 1.29 is 14.1 Å². The zero-order chi connectivity index (χ0) is 18.8. The maximum Gasteiger partial charge on any atom is 0.261 e. The van der Waals surface area contributed by atoms with Crippen molar-refractivity contribution in [1.29, 1.82) is 0 Å². The van der Waals surface area contributed by atoms with E-state index in [-0.39, 0.29) is 23.1 Å². The summed E-state index contributed by atoms with van der Waals surface area (Å²) in [5.74, 6) is 0.749. The van der Waals surface area contributed by atoms with Crippen molar-refractivity contribution in [1.82, 2.24) is 20.0 Å². The number of nitrogens with one attached hydrogen (secondary N) is 1. The number of piperidine rings is 1. The molecule has 1 amide bonds. The van der Waals surface area contributed by atoms with Crippen LogP contribution in [-0.2, 0) is 24.0 Å². The molecule has 0 unspecified atom stereocenters. The molecule has 1 aliphatic carbocycles. The SMILES string of the molecule is COCCc1noc([C@H]2CCCCN2C(=O)c2cc3c([nH]c2=O)CCC3)n1. The van der Waals surface area contributed by atoms with E-state index in [0.29, 0.717) is 31.3 Å². The summed E-state index contributed by atoms with van der Waals surface area (Å²) in [6.45, 7) is 1.09. The predicted molar refractivity (Wildman–Crippen MR) is 96.6 cm³/mol. The van der Waals surface area contributed by atoms with Crippen molar-refractivity contribution >= 4 is 5.91 Å². The highest BCUT2D eigenvalue weighted by Crippen LogP contribution is 2.31. The first-order chi connectivity index (χ1) is 13.2. The van der Waals surface area contributed by atoms with Crippen LogP contribution >= 0.6 is 0 Å². The smallest absolute Gasteiger partial charge is 0.261 e. The summed E-state index contributed by atoms with van der Waals surface area (Å²) in [6, 6.07) is 1.48. The lowest BCUT2D eigenvalue weighted by Crippen LogP contribution is -2.41. The summed E-state index contributed by atoms with van der Waals surface area (Å²) in [5, 5.41) is 3.99. The molecule has 1 aliphatic heterocycles. The van der Waals surface area contributed by atoms with E-state index >= 15 is 0 Å². The lowest BCUT2D eigenvalue weighted by Gasteiger charge is -2.33. The quantitative estimate of drug-likeness (QED) is 0.859. The molecule has 0 aromatic carbocycles. The molecule has 0 saturated carbocycles. The van der Waals surface area contributed by atoms with Crippen LogP contribution in [0.1, 0.15) is 65.1 Å². The fraction of sp³-hybridized carbons (Fsp3) is 0.579. The van der Waals surface area contributed by atoms with Crippen molar-refractivity contribution in [3.05, 3.63) is 45.0 Å². The molecule has 1 fully saturated rings. The Morgan fingerprint density at radius 1 is 1.37 bits per heavy atom. The Kier molecular flexibility index (Phi) is 5.07. The fourth-order valence-corrected chi connectivity index (χ4v) is 3.96. The van der Waals surface area contributed by atoms with Crippen LogP contribution in [0.15, 0.2) is 15.4 Å². The molecule has 3 heterocycles. The van der Waals surface area contributed by atoms with E-state index in [1.54, 1.807) is 18.1 Å². The van der Waals surface area contributed by atoms with Gasteiger partial charge in [-0.25, -0.2) is 0 Å². The molecule has 8 nitrogen and oxygen atoms in total. The Morgan fingerprint density at radius 3 is 3.11 bits per heavy atom. The molecule has 0 bridgehead atoms. The fourth-order valence-electron chi connectivity index (χ4n) is 3.96. The number of fused-ring (bicyclic) bond motifs is 1. The highest BCUT2D eigenvalue weighted by molar-refractivity contribution is 5.94. The van der Waals surface area contributed by atoms with E-state index in [1.165, 1.54) is 0 Å². The lowest BCUT2D eigenvalue weighted by atomic mass is 10.0. The zero-order valence-electron chi connectivity index (χ0n) is 15.5. The second kappa shape index (κ2) is 7.64. The minimum Gasteiger partial charge on any atom is -0.384 e. The number of aryl methyl sites for hydroxylation is 2. The normalized spacial score (nSPS) is 19.3. The molecule has 27 heavy (non-hydrogen) atoms. The van der Waals surface area contributed by atoms with Gasteiger partial charge in [0.05, 0.1) is 6.61 Å². The average Bonchev–Trinajstić information content (AvgIpc) is 3.34. The molecule has 2 aromatic heterocycles. The summed E-state index contributed by atoms with van der Waals surface area (Å²) < 4.78 is 10.5. The Balaban J connectivity index is 1.60. The van der Waals surface area contributed by atoms with E-state index in [4.69, 9.17) is 9.26 Å². The zero-order valence-corrected chi connectivity index (χ0v) is 15.5. The molecular weight excluding hydrogens is 348 g/mol. The first-order valence-corrected chi connectivity index (χ1v) is 9.55. The number of amides is 1. The Labute approximate surface area is 156 Å². The molecule has 0 spiro atoms. The number of nitrogens with zero attached hydrogens (tertiary/aromatic N) is 3. The van der Waals surface area contributed by atoms with E-state index in [9.17, 15) is 9.59 Å². The molecule has 4 rings (SSSR count). The molecule has 1 atom stereocenters. The van der Waals surface area contributed by atoms with Gasteiger partial charge in [-0.1, -0.05) is 5.16 Å². The van der Waals surface area contributed by atoms with Crippen LogP contribution in [0.2, 0.25) is 0 Å². The summed E-state index contributed by atoms with van der Waals surface area (Å²) in [5.41, 5.74) is 1.94. The third-order valence-electron chi connectivity index (χ3n) is 5.38. The number of hydrogen-bond acceptors (Lipinski definition) is 6. The lowest BCUT2D eigenvalue weighted by molar-refractivity contribution is 0.0559. The molecule has 144 valence electrons. The Morgan fingerprint density at radius 2 is 2.26 bits per heavy atom. The molecule has 2 aliphatic rings. The summed E-state index contributed by atoms with van der Waals surface area (Å²) in [7, 11) is 1.62. The molecule has 8 heteroatoms. The first-order valence-electron chi connectivity index (χ1n) is 9.55. The third kappa shape index (κ3) is 3.53. The number of aromatic nitrogens is 3. The molecule has 2 aromatic rings. The largest absolute Gasteiger partial charge is 0.384 e. The maximum atomic E-state index is 13.2. The summed E-state index contributed by atoms with van der Waals surface area (Å²) in [4.78, 5) is 34.7. The van der Waals surface area contributed by atoms with Gasteiger partial charge in [0, 0.05) is 25.8 Å². The third-order valence-corrected chi connectivity index (χ3v) is 5.38. The Hall–Kier alpha value is -2.48. The second-order valence-corrected chi connectivity index (χ2v) is 7.17. The number of H-pyrrole nitrogens is 1. The minimum atomic E-state index is -0.309. The predicted octanol–water partition coefficient (Wildman–Crippen LogP) is 1.80. The highest BCUT2D eigenvalue weighted by Gasteiger charge is 2.34. The second-order valence-electron chi connectivity index (χ2n) is 7.17. The maximum absolute atomic E-state index is 13.2. The van der Waals surface area contributed by atoms with E-state index in [0.717, 1.165) is 49.8 Å². The number of rotatable bonds is 5. The van der Waals surface area contributed by atoms with E-state index in [2.05, 4.69) is 15.1 Å². The average molecular weight is 372 g/mol. The number of aromatic amines is 1. The van der Waals surface area contributed by atoms with Gasteiger partial charge >= 0.3 is 0 Å². The van der Waals surface area contributed by atoms with Gasteiger partial charge < -0.3 is 19.1 Å². The van der Waals surface area contributed by atoms with Crippen molar-refractivity contribution in [2.24, 2.45) is 0 Å². The van der Waals surface area contributed by atoms with Gasteiger partial charge in [0.15, 0.2) is 5.82 Å². The van der Waals surface area contributed by atoms with Crippen LogP contribution in [0.25, 0.3) is 0 Å². The van der Waals surface area contributed by atoms with Crippen molar-refractivity contribution in [2.45, 2.75) is 51.0 Å². The summed E-state index contributed by atoms with van der Waals surface area (Å²) >= 11 is 0. The van der Waals surface area contributed by atoms with Crippen molar-refractivity contribution in [3.8, 4) is 0 Å². The monoisotopic (exact) mass is 372 g/mol. The molecule has 1 N–H and O–H groups in total. The van der Waals surface area contributed by atoms with Crippen molar-refractivity contribution in [2.75, 3.05) is 20.3 Å².